The quantitative estimate of drug-likeness (QED) is 0.634. The molecule has 0 spiro atoms. The number of hydrogen-bond acceptors (Lipinski definition) is 3. The van der Waals surface area contributed by atoms with Crippen LogP contribution >= 0.6 is 11.8 Å². The van der Waals surface area contributed by atoms with Crippen molar-refractivity contribution in [3.05, 3.63) is 35.4 Å². The third-order valence-corrected chi connectivity index (χ3v) is 5.04. The van der Waals surface area contributed by atoms with Crippen molar-refractivity contribution in [3.63, 3.8) is 0 Å². The van der Waals surface area contributed by atoms with E-state index in [1.54, 1.807) is 0 Å². The van der Waals surface area contributed by atoms with Gasteiger partial charge in [-0.15, -0.1) is 0 Å². The highest BCUT2D eigenvalue weighted by Gasteiger charge is 2.24. The number of benzene rings is 1. The van der Waals surface area contributed by atoms with Crippen LogP contribution in [0.1, 0.15) is 37.3 Å². The first-order valence-electron chi connectivity index (χ1n) is 6.83. The molecule has 0 aliphatic carbocycles. The summed E-state index contributed by atoms with van der Waals surface area (Å²) in [4.78, 5) is 0. The minimum Gasteiger partial charge on any atom is -0.271 e. The molecule has 2 atom stereocenters. The van der Waals surface area contributed by atoms with E-state index in [0.29, 0.717) is 12.0 Å². The van der Waals surface area contributed by atoms with E-state index in [0.717, 1.165) is 12.3 Å². The molecule has 0 amide bonds. The molecule has 2 rings (SSSR count). The molecular formula is C15H24N2S. The molecular weight excluding hydrogens is 240 g/mol. The molecule has 2 unspecified atom stereocenters. The van der Waals surface area contributed by atoms with Crippen LogP contribution in [0.5, 0.6) is 0 Å². The Hall–Kier alpha value is -0.510. The van der Waals surface area contributed by atoms with Gasteiger partial charge < -0.3 is 0 Å². The van der Waals surface area contributed by atoms with Crippen LogP contribution in [0.3, 0.4) is 0 Å². The molecule has 0 saturated carbocycles. The summed E-state index contributed by atoms with van der Waals surface area (Å²) in [6.07, 6.45) is 2.34. The summed E-state index contributed by atoms with van der Waals surface area (Å²) >= 11 is 2.05. The van der Waals surface area contributed by atoms with Gasteiger partial charge in [0.25, 0.3) is 0 Å². The minimum atomic E-state index is 0.421. The molecule has 18 heavy (non-hydrogen) atoms. The third kappa shape index (κ3) is 3.50. The van der Waals surface area contributed by atoms with Crippen LogP contribution in [0.2, 0.25) is 0 Å². The van der Waals surface area contributed by atoms with E-state index in [4.69, 9.17) is 5.84 Å². The van der Waals surface area contributed by atoms with Crippen molar-refractivity contribution < 1.29 is 0 Å². The Labute approximate surface area is 115 Å². The molecule has 2 nitrogen and oxygen atoms in total. The van der Waals surface area contributed by atoms with Crippen LogP contribution in [0.25, 0.3) is 0 Å². The second kappa shape index (κ2) is 6.60. The van der Waals surface area contributed by atoms with Crippen molar-refractivity contribution in [3.8, 4) is 0 Å². The maximum atomic E-state index is 5.72. The zero-order chi connectivity index (χ0) is 13.0. The van der Waals surface area contributed by atoms with Gasteiger partial charge in [-0.1, -0.05) is 38.1 Å². The Morgan fingerprint density at radius 1 is 1.33 bits per heavy atom. The van der Waals surface area contributed by atoms with Crippen molar-refractivity contribution in [2.45, 2.75) is 38.6 Å². The Morgan fingerprint density at radius 3 is 2.56 bits per heavy atom. The van der Waals surface area contributed by atoms with Gasteiger partial charge in [0.1, 0.15) is 0 Å². The van der Waals surface area contributed by atoms with Gasteiger partial charge in [-0.2, -0.15) is 11.8 Å². The highest BCUT2D eigenvalue weighted by atomic mass is 32.2. The number of hydrazine groups is 1. The minimum absolute atomic E-state index is 0.421. The Balaban J connectivity index is 1.98. The summed E-state index contributed by atoms with van der Waals surface area (Å²) in [6, 6.07) is 9.42. The van der Waals surface area contributed by atoms with E-state index in [2.05, 4.69) is 43.5 Å². The third-order valence-electron chi connectivity index (χ3n) is 3.85. The average Bonchev–Trinajstić information content (AvgIpc) is 2.90. The lowest BCUT2D eigenvalue weighted by atomic mass is 9.92. The summed E-state index contributed by atoms with van der Waals surface area (Å²) in [6.45, 7) is 4.46. The SMILES string of the molecule is CC(C)c1ccc(CC(NN)C2CCSC2)cc1. The van der Waals surface area contributed by atoms with Gasteiger partial charge >= 0.3 is 0 Å². The fraction of sp³-hybridized carbons (Fsp3) is 0.600. The van der Waals surface area contributed by atoms with Crippen molar-refractivity contribution in [2.75, 3.05) is 11.5 Å². The number of hydrogen-bond donors (Lipinski definition) is 2. The number of nitrogens with one attached hydrogen (secondary N) is 1. The van der Waals surface area contributed by atoms with Crippen molar-refractivity contribution in [1.29, 1.82) is 0 Å². The van der Waals surface area contributed by atoms with Gasteiger partial charge in [0.05, 0.1) is 0 Å². The second-order valence-electron chi connectivity index (χ2n) is 5.50. The summed E-state index contributed by atoms with van der Waals surface area (Å²) in [5.74, 6) is 9.59. The molecule has 1 aromatic carbocycles. The van der Waals surface area contributed by atoms with Crippen molar-refractivity contribution >= 4 is 11.8 Å². The molecule has 0 radical (unpaired) electrons. The second-order valence-corrected chi connectivity index (χ2v) is 6.65. The highest BCUT2D eigenvalue weighted by molar-refractivity contribution is 7.99. The van der Waals surface area contributed by atoms with Gasteiger partial charge in [0, 0.05) is 6.04 Å². The Bertz CT molecular complexity index is 355. The topological polar surface area (TPSA) is 38.0 Å². The molecule has 1 fully saturated rings. The van der Waals surface area contributed by atoms with Gasteiger partial charge in [0.2, 0.25) is 0 Å². The van der Waals surface area contributed by atoms with Crippen molar-refractivity contribution in [2.24, 2.45) is 11.8 Å². The average molecular weight is 264 g/mol. The largest absolute Gasteiger partial charge is 0.271 e. The van der Waals surface area contributed by atoms with Crippen LogP contribution in [0, 0.1) is 5.92 Å². The summed E-state index contributed by atoms with van der Waals surface area (Å²) in [5, 5.41) is 0. The fourth-order valence-electron chi connectivity index (χ4n) is 2.52. The van der Waals surface area contributed by atoms with E-state index in [1.807, 2.05) is 11.8 Å². The van der Waals surface area contributed by atoms with E-state index >= 15 is 0 Å². The molecule has 3 heteroatoms. The van der Waals surface area contributed by atoms with Crippen LogP contribution in [-0.2, 0) is 6.42 Å². The maximum Gasteiger partial charge on any atom is 0.0287 e. The number of thioether (sulfide) groups is 1. The molecule has 100 valence electrons. The maximum absolute atomic E-state index is 5.72. The molecule has 0 aromatic heterocycles. The molecule has 1 aromatic rings. The van der Waals surface area contributed by atoms with Gasteiger partial charge in [-0.3, -0.25) is 11.3 Å². The first-order valence-corrected chi connectivity index (χ1v) is 7.99. The predicted octanol–water partition coefficient (Wildman–Crippen LogP) is 2.94. The molecule has 1 saturated heterocycles. The molecule has 1 aliphatic rings. The monoisotopic (exact) mass is 264 g/mol. The van der Waals surface area contributed by atoms with E-state index in [1.165, 1.54) is 29.1 Å². The lowest BCUT2D eigenvalue weighted by molar-refractivity contribution is 0.386. The number of rotatable bonds is 5. The van der Waals surface area contributed by atoms with E-state index < -0.39 is 0 Å². The highest BCUT2D eigenvalue weighted by Crippen LogP contribution is 2.27. The summed E-state index contributed by atoms with van der Waals surface area (Å²) < 4.78 is 0. The smallest absolute Gasteiger partial charge is 0.0287 e. The first kappa shape index (κ1) is 13.9. The molecule has 0 bridgehead atoms. The van der Waals surface area contributed by atoms with Gasteiger partial charge in [-0.25, -0.2) is 0 Å². The van der Waals surface area contributed by atoms with Gasteiger partial charge in [0.15, 0.2) is 0 Å². The molecule has 1 heterocycles. The van der Waals surface area contributed by atoms with Crippen molar-refractivity contribution in [1.82, 2.24) is 5.43 Å². The lowest BCUT2D eigenvalue weighted by Gasteiger charge is -2.22. The first-order chi connectivity index (χ1) is 8.70. The summed E-state index contributed by atoms with van der Waals surface area (Å²) in [7, 11) is 0. The molecule has 3 N–H and O–H groups in total. The van der Waals surface area contributed by atoms with Gasteiger partial charge in [-0.05, 0) is 47.3 Å². The zero-order valence-electron chi connectivity index (χ0n) is 11.4. The number of nitrogens with two attached hydrogens (primary N) is 1. The van der Waals surface area contributed by atoms with Crippen LogP contribution in [0.15, 0.2) is 24.3 Å². The molecule has 1 aliphatic heterocycles. The van der Waals surface area contributed by atoms with Crippen LogP contribution < -0.4 is 11.3 Å². The standard InChI is InChI=1S/C15H24N2S/c1-11(2)13-5-3-12(4-6-13)9-15(17-16)14-7-8-18-10-14/h3-6,11,14-15,17H,7-10,16H2,1-2H3. The van der Waals surface area contributed by atoms with Crippen LogP contribution in [-0.4, -0.2) is 17.5 Å². The predicted molar refractivity (Wildman–Crippen MR) is 80.8 cm³/mol. The normalized spacial score (nSPS) is 21.4. The van der Waals surface area contributed by atoms with Crippen LogP contribution in [0.4, 0.5) is 0 Å². The Kier molecular flexibility index (Phi) is 5.10. The van der Waals surface area contributed by atoms with E-state index in [-0.39, 0.29) is 0 Å². The summed E-state index contributed by atoms with van der Waals surface area (Å²) in [5.41, 5.74) is 5.81. The fourth-order valence-corrected chi connectivity index (χ4v) is 3.86. The lowest BCUT2D eigenvalue weighted by Crippen LogP contribution is -2.42. The van der Waals surface area contributed by atoms with E-state index in [9.17, 15) is 0 Å². The Morgan fingerprint density at radius 2 is 2.06 bits per heavy atom. The zero-order valence-corrected chi connectivity index (χ0v) is 12.2.